The average molecular weight is 342 g/mol. The van der Waals surface area contributed by atoms with Gasteiger partial charge in [-0.2, -0.15) is 0 Å². The molecule has 0 aliphatic carbocycles. The highest BCUT2D eigenvalue weighted by Crippen LogP contribution is 2.25. The average Bonchev–Trinajstić information content (AvgIpc) is 2.61. The van der Waals surface area contributed by atoms with Gasteiger partial charge in [-0.1, -0.05) is 32.0 Å². The van der Waals surface area contributed by atoms with Crippen LogP contribution in [-0.4, -0.2) is 16.9 Å². The first-order valence-electron chi connectivity index (χ1n) is 8.26. The van der Waals surface area contributed by atoms with Crippen molar-refractivity contribution >= 4 is 17.3 Å². The van der Waals surface area contributed by atoms with Crippen LogP contribution in [0, 0.1) is 17.0 Å². The van der Waals surface area contributed by atoms with E-state index in [2.05, 4.69) is 12.2 Å². The molecule has 0 aliphatic rings. The second kappa shape index (κ2) is 8.28. The number of amides is 1. The molecule has 0 saturated heterocycles. The minimum Gasteiger partial charge on any atom is -0.481 e. The van der Waals surface area contributed by atoms with E-state index in [9.17, 15) is 14.9 Å². The van der Waals surface area contributed by atoms with E-state index in [-0.39, 0.29) is 11.6 Å². The van der Waals surface area contributed by atoms with E-state index in [1.807, 2.05) is 31.2 Å². The summed E-state index contributed by atoms with van der Waals surface area (Å²) in [5, 5.41) is 13.7. The quantitative estimate of drug-likeness (QED) is 0.602. The first-order valence-corrected chi connectivity index (χ1v) is 8.26. The minimum absolute atomic E-state index is 0.0260. The number of nitro groups is 1. The van der Waals surface area contributed by atoms with Crippen LogP contribution in [0.25, 0.3) is 0 Å². The number of benzene rings is 2. The summed E-state index contributed by atoms with van der Waals surface area (Å²) in [5.41, 5.74) is 2.00. The zero-order chi connectivity index (χ0) is 18.4. The molecule has 25 heavy (non-hydrogen) atoms. The molecule has 0 saturated carbocycles. The van der Waals surface area contributed by atoms with E-state index in [0.717, 1.165) is 6.42 Å². The van der Waals surface area contributed by atoms with Crippen molar-refractivity contribution in [3.8, 4) is 5.75 Å². The Balaban J connectivity index is 2.12. The largest absolute Gasteiger partial charge is 0.481 e. The highest BCUT2D eigenvalue weighted by Gasteiger charge is 2.21. The predicted octanol–water partition coefficient (Wildman–Crippen LogP) is 4.26. The van der Waals surface area contributed by atoms with Gasteiger partial charge in [0.2, 0.25) is 0 Å². The summed E-state index contributed by atoms with van der Waals surface area (Å²) in [6, 6.07) is 12.2. The molecule has 6 heteroatoms. The Bertz CT molecular complexity index is 757. The molecule has 2 aromatic carbocycles. The number of nitro benzene ring substituents is 1. The molecule has 0 aromatic heterocycles. The zero-order valence-corrected chi connectivity index (χ0v) is 14.6. The maximum absolute atomic E-state index is 12.5. The smallest absolute Gasteiger partial charge is 0.274 e. The van der Waals surface area contributed by atoms with Gasteiger partial charge in [-0.05, 0) is 43.5 Å². The standard InChI is InChI=1S/C19H22N2O4/c1-4-14-9-11-15(12-10-14)25-18(5-2)19(22)20-16-7-6-8-17(13(16)3)21(23)24/h6-12,18H,4-5H2,1-3H3,(H,20,22)/t18-/m1/s1. The Hall–Kier alpha value is -2.89. The van der Waals surface area contributed by atoms with Crippen LogP contribution in [0.15, 0.2) is 42.5 Å². The Kier molecular flexibility index (Phi) is 6.11. The second-order valence-electron chi connectivity index (χ2n) is 5.71. The number of hydrogen-bond acceptors (Lipinski definition) is 4. The lowest BCUT2D eigenvalue weighted by molar-refractivity contribution is -0.385. The molecule has 1 amide bonds. The van der Waals surface area contributed by atoms with Crippen molar-refractivity contribution < 1.29 is 14.5 Å². The van der Waals surface area contributed by atoms with Crippen LogP contribution in [-0.2, 0) is 11.2 Å². The fourth-order valence-electron chi connectivity index (χ4n) is 2.46. The molecule has 0 radical (unpaired) electrons. The fraction of sp³-hybridized carbons (Fsp3) is 0.316. The molecule has 2 rings (SSSR count). The Morgan fingerprint density at radius 1 is 1.20 bits per heavy atom. The van der Waals surface area contributed by atoms with Gasteiger partial charge in [-0.3, -0.25) is 14.9 Å². The van der Waals surface area contributed by atoms with Gasteiger partial charge in [0.1, 0.15) is 5.75 Å². The van der Waals surface area contributed by atoms with Crippen LogP contribution in [0.5, 0.6) is 5.75 Å². The Morgan fingerprint density at radius 2 is 1.88 bits per heavy atom. The molecule has 0 fully saturated rings. The molecule has 1 atom stereocenters. The first kappa shape index (κ1) is 18.4. The van der Waals surface area contributed by atoms with Crippen LogP contribution in [0.4, 0.5) is 11.4 Å². The lowest BCUT2D eigenvalue weighted by Crippen LogP contribution is -2.32. The molecule has 2 aromatic rings. The number of carbonyl (C=O) groups is 1. The number of hydrogen-bond donors (Lipinski definition) is 1. The van der Waals surface area contributed by atoms with Crippen LogP contribution in [0.2, 0.25) is 0 Å². The topological polar surface area (TPSA) is 81.5 Å². The predicted molar refractivity (Wildman–Crippen MR) is 97.0 cm³/mol. The number of ether oxygens (including phenoxy) is 1. The number of nitrogens with one attached hydrogen (secondary N) is 1. The lowest BCUT2D eigenvalue weighted by Gasteiger charge is -2.18. The first-order chi connectivity index (χ1) is 12.0. The molecule has 6 nitrogen and oxygen atoms in total. The number of carbonyl (C=O) groups excluding carboxylic acids is 1. The molecule has 0 bridgehead atoms. The van der Waals surface area contributed by atoms with Crippen molar-refractivity contribution in [2.24, 2.45) is 0 Å². The molecule has 0 unspecified atom stereocenters. The minimum atomic E-state index is -0.675. The van der Waals surface area contributed by atoms with E-state index < -0.39 is 11.0 Å². The van der Waals surface area contributed by atoms with E-state index in [4.69, 9.17) is 4.74 Å². The summed E-state index contributed by atoms with van der Waals surface area (Å²) in [6.07, 6.45) is 0.741. The van der Waals surface area contributed by atoms with Crippen LogP contribution < -0.4 is 10.1 Å². The third-order valence-corrected chi connectivity index (χ3v) is 4.03. The summed E-state index contributed by atoms with van der Waals surface area (Å²) >= 11 is 0. The van der Waals surface area contributed by atoms with Crippen molar-refractivity contribution in [1.29, 1.82) is 0 Å². The Morgan fingerprint density at radius 3 is 2.44 bits per heavy atom. The van der Waals surface area contributed by atoms with Gasteiger partial charge in [-0.25, -0.2) is 0 Å². The number of rotatable bonds is 7. The van der Waals surface area contributed by atoms with Gasteiger partial charge in [0.15, 0.2) is 6.10 Å². The number of nitrogens with zero attached hydrogens (tertiary/aromatic N) is 1. The fourth-order valence-corrected chi connectivity index (χ4v) is 2.46. The molecule has 0 aliphatic heterocycles. The Labute approximate surface area is 147 Å². The van der Waals surface area contributed by atoms with Gasteiger partial charge in [0, 0.05) is 6.07 Å². The number of anilines is 1. The van der Waals surface area contributed by atoms with Crippen LogP contribution in [0.3, 0.4) is 0 Å². The highest BCUT2D eigenvalue weighted by molar-refractivity contribution is 5.95. The monoisotopic (exact) mass is 342 g/mol. The van der Waals surface area contributed by atoms with Crippen molar-refractivity contribution in [2.45, 2.75) is 39.7 Å². The molecule has 0 heterocycles. The van der Waals surface area contributed by atoms with E-state index in [0.29, 0.717) is 23.4 Å². The van der Waals surface area contributed by atoms with Gasteiger partial charge in [0.25, 0.3) is 11.6 Å². The third-order valence-electron chi connectivity index (χ3n) is 4.03. The summed E-state index contributed by atoms with van der Waals surface area (Å²) < 4.78 is 5.77. The van der Waals surface area contributed by atoms with E-state index in [1.165, 1.54) is 11.6 Å². The summed E-state index contributed by atoms with van der Waals surface area (Å²) in [7, 11) is 0. The molecule has 0 spiro atoms. The molecular formula is C19H22N2O4. The van der Waals surface area contributed by atoms with Crippen LogP contribution in [0.1, 0.15) is 31.4 Å². The number of aryl methyl sites for hydroxylation is 1. The van der Waals surface area contributed by atoms with Gasteiger partial charge in [-0.15, -0.1) is 0 Å². The van der Waals surface area contributed by atoms with Gasteiger partial charge < -0.3 is 10.1 Å². The third kappa shape index (κ3) is 4.56. The molecular weight excluding hydrogens is 320 g/mol. The SMILES string of the molecule is CCc1ccc(O[C@H](CC)C(=O)Nc2cccc([N+](=O)[O-])c2C)cc1. The second-order valence-corrected chi connectivity index (χ2v) is 5.71. The maximum Gasteiger partial charge on any atom is 0.274 e. The summed E-state index contributed by atoms with van der Waals surface area (Å²) in [6.45, 7) is 5.53. The zero-order valence-electron chi connectivity index (χ0n) is 14.6. The van der Waals surface area contributed by atoms with Crippen molar-refractivity contribution in [3.05, 3.63) is 63.7 Å². The van der Waals surface area contributed by atoms with Crippen molar-refractivity contribution in [2.75, 3.05) is 5.32 Å². The van der Waals surface area contributed by atoms with Crippen molar-refractivity contribution in [3.63, 3.8) is 0 Å². The normalized spacial score (nSPS) is 11.6. The van der Waals surface area contributed by atoms with Gasteiger partial charge >= 0.3 is 0 Å². The lowest BCUT2D eigenvalue weighted by atomic mass is 10.1. The summed E-state index contributed by atoms with van der Waals surface area (Å²) in [4.78, 5) is 23.0. The summed E-state index contributed by atoms with van der Waals surface area (Å²) in [5.74, 6) is 0.292. The van der Waals surface area contributed by atoms with Gasteiger partial charge in [0.05, 0.1) is 16.2 Å². The highest BCUT2D eigenvalue weighted by atomic mass is 16.6. The van der Waals surface area contributed by atoms with E-state index in [1.54, 1.807) is 19.1 Å². The maximum atomic E-state index is 12.5. The molecule has 132 valence electrons. The van der Waals surface area contributed by atoms with Crippen molar-refractivity contribution in [1.82, 2.24) is 0 Å². The van der Waals surface area contributed by atoms with Crippen LogP contribution >= 0.6 is 0 Å². The molecule has 1 N–H and O–H groups in total. The van der Waals surface area contributed by atoms with E-state index >= 15 is 0 Å².